The summed E-state index contributed by atoms with van der Waals surface area (Å²) >= 11 is 12.2. The molecule has 9 heteroatoms. The second-order valence-corrected chi connectivity index (χ2v) is 6.87. The molecule has 7 nitrogen and oxygen atoms in total. The molecule has 1 unspecified atom stereocenters. The fourth-order valence-corrected chi connectivity index (χ4v) is 3.58. The Hall–Kier alpha value is -1.99. The quantitative estimate of drug-likeness (QED) is 0.738. The molecule has 1 saturated heterocycles. The molecule has 1 fully saturated rings. The van der Waals surface area contributed by atoms with E-state index in [1.165, 1.54) is 16.7 Å². The van der Waals surface area contributed by atoms with Crippen molar-refractivity contribution in [1.82, 2.24) is 9.80 Å². The molecule has 2 amide bonds. The maximum atomic E-state index is 12.3. The normalized spacial score (nSPS) is 15.2. The summed E-state index contributed by atoms with van der Waals surface area (Å²) in [5, 5.41) is 9.79. The Kier molecular flexibility index (Phi) is 6.72. The molecule has 1 N–H and O–H groups in total. The van der Waals surface area contributed by atoms with Crippen LogP contribution in [0.2, 0.25) is 10.0 Å². The van der Waals surface area contributed by atoms with Crippen LogP contribution in [0.3, 0.4) is 0 Å². The Labute approximate surface area is 161 Å². The van der Waals surface area contributed by atoms with Crippen molar-refractivity contribution >= 4 is 41.2 Å². The van der Waals surface area contributed by atoms with Gasteiger partial charge in [-0.25, -0.2) is 4.79 Å². The third-order valence-electron chi connectivity index (χ3n) is 4.16. The summed E-state index contributed by atoms with van der Waals surface area (Å²) in [6.07, 6.45) is -1.12. The molecule has 1 aromatic rings. The van der Waals surface area contributed by atoms with Gasteiger partial charge in [0.15, 0.2) is 0 Å². The van der Waals surface area contributed by atoms with Gasteiger partial charge in [-0.3, -0.25) is 9.59 Å². The molecule has 0 aliphatic carbocycles. The zero-order valence-corrected chi connectivity index (χ0v) is 16.0. The maximum Gasteiger partial charge on any atom is 0.407 e. The van der Waals surface area contributed by atoms with Crippen molar-refractivity contribution < 1.29 is 24.2 Å². The largest absolute Gasteiger partial charge is 0.466 e. The van der Waals surface area contributed by atoms with E-state index in [0.717, 1.165) is 0 Å². The lowest BCUT2D eigenvalue weighted by Crippen LogP contribution is -2.62. The van der Waals surface area contributed by atoms with Gasteiger partial charge < -0.3 is 19.6 Å². The van der Waals surface area contributed by atoms with E-state index in [0.29, 0.717) is 15.6 Å². The van der Waals surface area contributed by atoms with Gasteiger partial charge in [0.2, 0.25) is 5.91 Å². The van der Waals surface area contributed by atoms with Crippen molar-refractivity contribution in [2.45, 2.75) is 32.4 Å². The lowest BCUT2D eigenvalue weighted by molar-refractivity contribution is -0.148. The van der Waals surface area contributed by atoms with Crippen LogP contribution in [0.5, 0.6) is 0 Å². The molecule has 142 valence electrons. The molecule has 0 bridgehead atoms. The van der Waals surface area contributed by atoms with Gasteiger partial charge in [-0.15, -0.1) is 0 Å². The van der Waals surface area contributed by atoms with Gasteiger partial charge in [0.1, 0.15) is 0 Å². The summed E-state index contributed by atoms with van der Waals surface area (Å²) in [6, 6.07) is 3.85. The topological polar surface area (TPSA) is 87.2 Å². The van der Waals surface area contributed by atoms with E-state index < -0.39 is 18.1 Å². The minimum atomic E-state index is -1.04. The molecular weight excluding hydrogens is 383 g/mol. The molecule has 1 atom stereocenters. The highest BCUT2D eigenvalue weighted by molar-refractivity contribution is 6.34. The van der Waals surface area contributed by atoms with Gasteiger partial charge in [0.25, 0.3) is 0 Å². The number of ether oxygens (including phenoxy) is 1. The zero-order valence-electron chi connectivity index (χ0n) is 14.4. The number of rotatable bonds is 6. The predicted molar refractivity (Wildman–Crippen MR) is 96.4 cm³/mol. The number of amides is 2. The summed E-state index contributed by atoms with van der Waals surface area (Å²) in [7, 11) is 0. The first-order valence-corrected chi connectivity index (χ1v) is 8.86. The Bertz CT molecular complexity index is 686. The van der Waals surface area contributed by atoms with Gasteiger partial charge in [0, 0.05) is 30.1 Å². The van der Waals surface area contributed by atoms with Crippen LogP contribution in [-0.4, -0.2) is 58.6 Å². The van der Waals surface area contributed by atoms with Crippen molar-refractivity contribution in [2.24, 2.45) is 0 Å². The van der Waals surface area contributed by atoms with Gasteiger partial charge in [0.05, 0.1) is 25.1 Å². The van der Waals surface area contributed by atoms with E-state index in [4.69, 9.17) is 33.0 Å². The van der Waals surface area contributed by atoms with Crippen LogP contribution >= 0.6 is 23.2 Å². The van der Waals surface area contributed by atoms with E-state index in [9.17, 15) is 14.4 Å². The zero-order chi connectivity index (χ0) is 19.4. The fourth-order valence-electron chi connectivity index (χ4n) is 3.04. The molecule has 1 heterocycles. The van der Waals surface area contributed by atoms with Gasteiger partial charge in [-0.1, -0.05) is 23.2 Å². The van der Waals surface area contributed by atoms with E-state index in [1.807, 2.05) is 0 Å². The lowest BCUT2D eigenvalue weighted by atomic mass is 9.97. The summed E-state index contributed by atoms with van der Waals surface area (Å²) in [5.41, 5.74) is 0.597. The van der Waals surface area contributed by atoms with Crippen molar-refractivity contribution in [3.63, 3.8) is 0 Å². The molecule has 0 radical (unpaired) electrons. The summed E-state index contributed by atoms with van der Waals surface area (Å²) in [4.78, 5) is 38.2. The van der Waals surface area contributed by atoms with Crippen molar-refractivity contribution in [3.8, 4) is 0 Å². The Morgan fingerprint density at radius 2 is 1.85 bits per heavy atom. The monoisotopic (exact) mass is 402 g/mol. The van der Waals surface area contributed by atoms with Crippen molar-refractivity contribution in [1.29, 1.82) is 0 Å². The number of halogens is 2. The molecule has 0 aromatic heterocycles. The number of nitrogens with zero attached hydrogens (tertiary/aromatic N) is 2. The number of hydrogen-bond donors (Lipinski definition) is 1. The Morgan fingerprint density at radius 1 is 1.27 bits per heavy atom. The van der Waals surface area contributed by atoms with Crippen LogP contribution in [-0.2, 0) is 14.3 Å². The fraction of sp³-hybridized carbons (Fsp3) is 0.471. The highest BCUT2D eigenvalue weighted by atomic mass is 35.5. The number of likely N-dealkylation sites (tertiary alicyclic amines) is 1. The summed E-state index contributed by atoms with van der Waals surface area (Å²) in [6.45, 7) is 3.67. The minimum Gasteiger partial charge on any atom is -0.466 e. The molecule has 0 spiro atoms. The number of benzene rings is 1. The van der Waals surface area contributed by atoms with Crippen molar-refractivity contribution in [2.75, 3.05) is 19.7 Å². The van der Waals surface area contributed by atoms with Crippen LogP contribution < -0.4 is 0 Å². The van der Waals surface area contributed by atoms with E-state index >= 15 is 0 Å². The Morgan fingerprint density at radius 3 is 2.31 bits per heavy atom. The minimum absolute atomic E-state index is 0.0757. The average molecular weight is 403 g/mol. The second kappa shape index (κ2) is 8.60. The summed E-state index contributed by atoms with van der Waals surface area (Å²) < 4.78 is 5.03. The Balaban J connectivity index is 2.34. The van der Waals surface area contributed by atoms with Crippen LogP contribution in [0.25, 0.3) is 0 Å². The molecular formula is C17H20Cl2N2O5. The van der Waals surface area contributed by atoms with Gasteiger partial charge in [-0.05, 0) is 30.7 Å². The van der Waals surface area contributed by atoms with Crippen molar-refractivity contribution in [3.05, 3.63) is 33.8 Å². The van der Waals surface area contributed by atoms with E-state index in [2.05, 4.69) is 0 Å². The number of carbonyl (C=O) groups excluding carboxylic acids is 2. The SMILES string of the molecule is CCOC(=O)CC(c1cc(Cl)cc(Cl)c1)N(C(C)=O)C1CN(C(=O)O)C1. The summed E-state index contributed by atoms with van der Waals surface area (Å²) in [5.74, 6) is -0.736. The van der Waals surface area contributed by atoms with Gasteiger partial charge in [-0.2, -0.15) is 0 Å². The maximum absolute atomic E-state index is 12.3. The number of hydrogen-bond acceptors (Lipinski definition) is 4. The first-order chi connectivity index (χ1) is 12.2. The van der Waals surface area contributed by atoms with Crippen LogP contribution in [0.4, 0.5) is 4.79 Å². The number of esters is 1. The smallest absolute Gasteiger partial charge is 0.407 e. The number of carbonyl (C=O) groups is 3. The van der Waals surface area contributed by atoms with E-state index in [-0.39, 0.29) is 38.1 Å². The van der Waals surface area contributed by atoms with Crippen LogP contribution in [0.1, 0.15) is 31.9 Å². The molecule has 1 aliphatic heterocycles. The molecule has 0 saturated carbocycles. The predicted octanol–water partition coefficient (Wildman–Crippen LogP) is 3.20. The lowest BCUT2D eigenvalue weighted by Gasteiger charge is -2.46. The third-order valence-corrected chi connectivity index (χ3v) is 4.60. The molecule has 2 rings (SSSR count). The van der Waals surface area contributed by atoms with Crippen LogP contribution in [0.15, 0.2) is 18.2 Å². The molecule has 1 aromatic carbocycles. The number of carboxylic acid groups (broad SMARTS) is 1. The molecule has 26 heavy (non-hydrogen) atoms. The highest BCUT2D eigenvalue weighted by Gasteiger charge is 2.40. The van der Waals surface area contributed by atoms with E-state index in [1.54, 1.807) is 25.1 Å². The second-order valence-electron chi connectivity index (χ2n) is 6.00. The van der Waals surface area contributed by atoms with Gasteiger partial charge >= 0.3 is 12.1 Å². The first kappa shape index (κ1) is 20.3. The van der Waals surface area contributed by atoms with Crippen LogP contribution in [0, 0.1) is 0 Å². The molecule has 1 aliphatic rings. The average Bonchev–Trinajstić information content (AvgIpc) is 2.46. The third kappa shape index (κ3) is 4.80. The highest BCUT2D eigenvalue weighted by Crippen LogP contribution is 2.33. The standard InChI is InChI=1S/C17H20Cl2N2O5/c1-3-26-16(23)7-15(11-4-12(18)6-13(19)5-11)21(10(2)22)14-8-20(9-14)17(24)25/h4-6,14-15H,3,7-9H2,1-2H3,(H,24,25). The first-order valence-electron chi connectivity index (χ1n) is 8.11.